The van der Waals surface area contributed by atoms with Crippen LogP contribution in [0.4, 0.5) is 5.69 Å². The fourth-order valence-corrected chi connectivity index (χ4v) is 4.25. The summed E-state index contributed by atoms with van der Waals surface area (Å²) in [5.41, 5.74) is 14.0. The summed E-state index contributed by atoms with van der Waals surface area (Å²) in [7, 11) is 0. The Morgan fingerprint density at radius 2 is 1.63 bits per heavy atom. The number of nitrogen functional groups attached to an aromatic ring is 1. The van der Waals surface area contributed by atoms with Crippen molar-refractivity contribution in [2.75, 3.05) is 0 Å². The van der Waals surface area contributed by atoms with Crippen molar-refractivity contribution in [3.05, 3.63) is 100 Å². The standard InChI is InChI=1S/C16H19N3OS.C13H17N3O3.CH3NO/c1-13(2-3-14-8-10-17-11-9-14)19-21-12-15-4-6-16(18-20)7-5-15;14-13(15)10-6-4-9(5-7-10)8-16-11(17)2-1-3-12(18)19;2-1-3/h4-11,13,19H,2-3,12H2,1H3;4-7H,1-3,8H2,(H3,14,15)(H,16,17)(H,18,19);1H,(H2,2,3). The molecular formula is C30H39N7O5S. The van der Waals surface area contributed by atoms with E-state index in [9.17, 15) is 14.5 Å². The van der Waals surface area contributed by atoms with Crippen LogP contribution in [0.25, 0.3) is 0 Å². The van der Waals surface area contributed by atoms with Gasteiger partial charge in [0.2, 0.25) is 12.3 Å². The first kappa shape index (κ1) is 36.4. The van der Waals surface area contributed by atoms with Gasteiger partial charge in [-0.25, -0.2) is 0 Å². The van der Waals surface area contributed by atoms with Gasteiger partial charge in [-0.15, -0.1) is 4.91 Å². The number of hydrogen-bond donors (Lipinski definition) is 6. The molecule has 13 heteroatoms. The van der Waals surface area contributed by atoms with Crippen LogP contribution in [0.15, 0.2) is 78.2 Å². The monoisotopic (exact) mass is 609 g/mol. The molecule has 3 aromatic rings. The van der Waals surface area contributed by atoms with Crippen molar-refractivity contribution in [1.29, 1.82) is 5.41 Å². The predicted octanol–water partition coefficient (Wildman–Crippen LogP) is 4.18. The van der Waals surface area contributed by atoms with Gasteiger partial charge in [0.05, 0.1) is 0 Å². The van der Waals surface area contributed by atoms with Crippen LogP contribution in [0.3, 0.4) is 0 Å². The minimum Gasteiger partial charge on any atom is -0.481 e. The van der Waals surface area contributed by atoms with Crippen molar-refractivity contribution >= 4 is 41.8 Å². The minimum absolute atomic E-state index is 0.000723. The number of carbonyl (C=O) groups is 3. The minimum atomic E-state index is -0.896. The highest BCUT2D eigenvalue weighted by molar-refractivity contribution is 7.96. The molecule has 1 heterocycles. The second kappa shape index (κ2) is 22.0. The highest BCUT2D eigenvalue weighted by Gasteiger charge is 2.05. The number of rotatable bonds is 15. The van der Waals surface area contributed by atoms with E-state index in [-0.39, 0.29) is 31.0 Å². The lowest BCUT2D eigenvalue weighted by molar-refractivity contribution is -0.137. The van der Waals surface area contributed by atoms with Crippen LogP contribution in [-0.2, 0) is 33.1 Å². The Hall–Kier alpha value is -4.62. The second-order valence-corrected chi connectivity index (χ2v) is 10.0. The Kier molecular flexibility index (Phi) is 18.7. The fraction of sp³-hybridized carbons (Fsp3) is 0.300. The lowest BCUT2D eigenvalue weighted by Crippen LogP contribution is -2.22. The van der Waals surface area contributed by atoms with Gasteiger partial charge in [0, 0.05) is 49.1 Å². The van der Waals surface area contributed by atoms with Gasteiger partial charge in [-0.1, -0.05) is 48.3 Å². The van der Waals surface area contributed by atoms with Gasteiger partial charge < -0.3 is 21.9 Å². The van der Waals surface area contributed by atoms with Crippen LogP contribution in [0, 0.1) is 10.3 Å². The van der Waals surface area contributed by atoms with Crippen molar-refractivity contribution < 1.29 is 19.5 Å². The number of hydrogen-bond acceptors (Lipinski definition) is 9. The highest BCUT2D eigenvalue weighted by Crippen LogP contribution is 2.16. The van der Waals surface area contributed by atoms with Crippen LogP contribution in [0.2, 0.25) is 0 Å². The number of benzene rings is 2. The van der Waals surface area contributed by atoms with E-state index in [1.165, 1.54) is 11.1 Å². The number of carboxylic acid groups (broad SMARTS) is 1. The molecule has 0 fully saturated rings. The molecule has 8 N–H and O–H groups in total. The molecule has 0 aliphatic heterocycles. The first-order valence-corrected chi connectivity index (χ1v) is 14.4. The van der Waals surface area contributed by atoms with Crippen LogP contribution in [-0.4, -0.2) is 40.3 Å². The molecule has 230 valence electrons. The zero-order valence-corrected chi connectivity index (χ0v) is 24.9. The third-order valence-electron chi connectivity index (χ3n) is 5.73. The highest BCUT2D eigenvalue weighted by atomic mass is 32.2. The normalized spacial score (nSPS) is 10.5. The van der Waals surface area contributed by atoms with Gasteiger partial charge >= 0.3 is 5.97 Å². The lowest BCUT2D eigenvalue weighted by atomic mass is 10.1. The van der Waals surface area contributed by atoms with E-state index in [1.54, 1.807) is 48.3 Å². The molecule has 1 unspecified atom stereocenters. The molecule has 1 aromatic heterocycles. The maximum atomic E-state index is 11.4. The van der Waals surface area contributed by atoms with E-state index in [1.807, 2.05) is 24.5 Å². The average molecular weight is 610 g/mol. The van der Waals surface area contributed by atoms with E-state index < -0.39 is 5.97 Å². The van der Waals surface area contributed by atoms with Gasteiger partial charge in [-0.3, -0.25) is 29.5 Å². The maximum Gasteiger partial charge on any atom is 0.303 e. The largest absolute Gasteiger partial charge is 0.481 e. The molecule has 1 atom stereocenters. The fourth-order valence-electron chi connectivity index (χ4n) is 3.40. The zero-order chi connectivity index (χ0) is 31.9. The summed E-state index contributed by atoms with van der Waals surface area (Å²) in [5.74, 6) is -0.188. The third-order valence-corrected chi connectivity index (χ3v) is 6.78. The number of aryl methyl sites for hydroxylation is 1. The molecule has 0 aliphatic carbocycles. The van der Waals surface area contributed by atoms with E-state index in [0.717, 1.165) is 24.2 Å². The molecular weight excluding hydrogens is 570 g/mol. The van der Waals surface area contributed by atoms with Gasteiger partial charge in [-0.05, 0) is 72.3 Å². The van der Waals surface area contributed by atoms with E-state index >= 15 is 0 Å². The van der Waals surface area contributed by atoms with Crippen molar-refractivity contribution in [2.45, 2.75) is 57.4 Å². The first-order chi connectivity index (χ1) is 20.7. The van der Waals surface area contributed by atoms with Gasteiger partial charge in [0.1, 0.15) is 11.5 Å². The number of carboxylic acids is 1. The number of amides is 2. The Labute approximate surface area is 255 Å². The van der Waals surface area contributed by atoms with Crippen molar-refractivity contribution in [2.24, 2.45) is 16.6 Å². The van der Waals surface area contributed by atoms with E-state index in [0.29, 0.717) is 30.3 Å². The maximum absolute atomic E-state index is 11.4. The van der Waals surface area contributed by atoms with Crippen LogP contribution in [0.5, 0.6) is 0 Å². The number of aromatic nitrogens is 1. The molecule has 43 heavy (non-hydrogen) atoms. The summed E-state index contributed by atoms with van der Waals surface area (Å²) >= 11 is 1.69. The second-order valence-electron chi connectivity index (χ2n) is 9.23. The smallest absolute Gasteiger partial charge is 0.303 e. The summed E-state index contributed by atoms with van der Waals surface area (Å²) in [4.78, 5) is 44.6. The molecule has 0 saturated heterocycles. The molecule has 0 spiro atoms. The quantitative estimate of drug-likeness (QED) is 0.0478. The van der Waals surface area contributed by atoms with E-state index in [4.69, 9.17) is 21.0 Å². The number of pyridine rings is 1. The number of amidine groups is 1. The first-order valence-electron chi connectivity index (χ1n) is 13.4. The summed E-state index contributed by atoms with van der Waals surface area (Å²) in [6.07, 6.45) is 6.60. The van der Waals surface area contributed by atoms with Crippen LogP contribution < -0.4 is 21.5 Å². The van der Waals surface area contributed by atoms with Crippen LogP contribution >= 0.6 is 11.9 Å². The van der Waals surface area contributed by atoms with Gasteiger partial charge in [0.15, 0.2) is 0 Å². The van der Waals surface area contributed by atoms with Crippen molar-refractivity contribution in [3.8, 4) is 0 Å². The summed E-state index contributed by atoms with van der Waals surface area (Å²) in [5, 5.41) is 21.3. The lowest BCUT2D eigenvalue weighted by Gasteiger charge is -2.13. The number of nitrogens with two attached hydrogens (primary N) is 2. The predicted molar refractivity (Wildman–Crippen MR) is 169 cm³/mol. The summed E-state index contributed by atoms with van der Waals surface area (Å²) < 4.78 is 3.45. The van der Waals surface area contributed by atoms with Crippen LogP contribution in [0.1, 0.15) is 54.9 Å². The molecule has 0 bridgehead atoms. The summed E-state index contributed by atoms with van der Waals surface area (Å²) in [6.45, 7) is 2.57. The SMILES string of the molecule is CC(CCc1ccncc1)NSCc1ccc(N=O)cc1.N=C(N)c1ccc(CNC(=O)CCCC(=O)O)cc1.NC=O. The Morgan fingerprint density at radius 1 is 1.02 bits per heavy atom. The molecule has 0 radical (unpaired) electrons. The molecule has 12 nitrogen and oxygen atoms in total. The number of nitrogens with zero attached hydrogens (tertiary/aromatic N) is 2. The topological polar surface area (TPSA) is 214 Å². The third kappa shape index (κ3) is 17.7. The molecule has 3 rings (SSSR count). The van der Waals surface area contributed by atoms with Crippen molar-refractivity contribution in [3.63, 3.8) is 0 Å². The van der Waals surface area contributed by atoms with Gasteiger partial charge in [-0.2, -0.15) is 0 Å². The Bertz CT molecular complexity index is 1260. The van der Waals surface area contributed by atoms with Crippen molar-refractivity contribution in [1.82, 2.24) is 15.0 Å². The van der Waals surface area contributed by atoms with E-state index in [2.05, 4.69) is 45.0 Å². The Morgan fingerprint density at radius 3 is 2.19 bits per heavy atom. The number of aliphatic carboxylic acids is 1. The molecule has 0 saturated carbocycles. The number of nitrogens with one attached hydrogen (secondary N) is 3. The molecule has 2 aromatic carbocycles. The zero-order valence-electron chi connectivity index (χ0n) is 24.1. The number of nitroso groups, excluding NO2 is 1. The average Bonchev–Trinajstić information content (AvgIpc) is 3.00. The number of carbonyl (C=O) groups excluding carboxylic acids is 2. The Balaban J connectivity index is 0.000000396. The molecule has 2 amide bonds. The number of primary amides is 1. The van der Waals surface area contributed by atoms with Gasteiger partial charge in [0.25, 0.3) is 0 Å². The summed E-state index contributed by atoms with van der Waals surface area (Å²) in [6, 6.07) is 18.9. The molecule has 0 aliphatic rings.